The minimum absolute atomic E-state index is 0.0493. The Morgan fingerprint density at radius 1 is 1.15 bits per heavy atom. The van der Waals surface area contributed by atoms with E-state index in [2.05, 4.69) is 5.32 Å². The summed E-state index contributed by atoms with van der Waals surface area (Å²) >= 11 is 0. The van der Waals surface area contributed by atoms with Gasteiger partial charge in [-0.2, -0.15) is 0 Å². The first-order valence-electron chi connectivity index (χ1n) is 8.79. The number of nitrogens with two attached hydrogens (primary N) is 2. The fourth-order valence-electron chi connectivity index (χ4n) is 2.93. The summed E-state index contributed by atoms with van der Waals surface area (Å²) in [5, 5.41) is 20.5. The summed E-state index contributed by atoms with van der Waals surface area (Å²) in [7, 11) is 0. The van der Waals surface area contributed by atoms with Crippen LogP contribution < -0.4 is 16.8 Å². The number of likely N-dealkylation sites (tertiary alicyclic amines) is 1. The van der Waals surface area contributed by atoms with Gasteiger partial charge in [0.15, 0.2) is 0 Å². The first-order valence-corrected chi connectivity index (χ1v) is 8.79. The highest BCUT2D eigenvalue weighted by atomic mass is 16.4. The van der Waals surface area contributed by atoms with E-state index in [1.807, 2.05) is 0 Å². The van der Waals surface area contributed by atoms with E-state index < -0.39 is 41.9 Å². The average molecular weight is 372 g/mol. The predicted octanol–water partition coefficient (Wildman–Crippen LogP) is -1.13. The van der Waals surface area contributed by atoms with E-state index in [9.17, 15) is 24.3 Å². The normalized spacial score (nSPS) is 19.0. The van der Waals surface area contributed by atoms with Gasteiger partial charge in [-0.1, -0.05) is 0 Å². The average Bonchev–Trinajstić information content (AvgIpc) is 3.08. The topological polar surface area (TPSA) is 176 Å². The Bertz CT molecular complexity index is 527. The van der Waals surface area contributed by atoms with Gasteiger partial charge >= 0.3 is 11.9 Å². The number of rotatable bonds is 11. The van der Waals surface area contributed by atoms with Gasteiger partial charge in [0.25, 0.3) is 0 Å². The van der Waals surface area contributed by atoms with E-state index in [1.165, 1.54) is 4.90 Å². The summed E-state index contributed by atoms with van der Waals surface area (Å²) in [6.07, 6.45) is 2.22. The first-order chi connectivity index (χ1) is 12.3. The zero-order chi connectivity index (χ0) is 19.7. The molecule has 1 aliphatic heterocycles. The molecule has 10 heteroatoms. The summed E-state index contributed by atoms with van der Waals surface area (Å²) in [5.41, 5.74) is 11.1. The number of carbonyl (C=O) groups excluding carboxylic acids is 2. The standard InChI is InChI=1S/C16H28N4O6/c17-8-2-1-4-11(19-14(23)10(18)6-7-13(21)22)15(24)20-9-3-5-12(20)16(25)26/h10-12H,1-9,17-18H2,(H,19,23)(H,21,22)(H,25,26)/t10-,11-,12+/m0/s1. The monoisotopic (exact) mass is 372 g/mol. The second-order valence-electron chi connectivity index (χ2n) is 6.41. The smallest absolute Gasteiger partial charge is 0.326 e. The second kappa shape index (κ2) is 10.7. The van der Waals surface area contributed by atoms with Crippen molar-refractivity contribution in [1.29, 1.82) is 0 Å². The van der Waals surface area contributed by atoms with E-state index in [4.69, 9.17) is 16.6 Å². The van der Waals surface area contributed by atoms with Crippen molar-refractivity contribution in [2.24, 2.45) is 11.5 Å². The summed E-state index contributed by atoms with van der Waals surface area (Å²) < 4.78 is 0. The van der Waals surface area contributed by atoms with E-state index in [-0.39, 0.29) is 12.8 Å². The van der Waals surface area contributed by atoms with Gasteiger partial charge in [-0.25, -0.2) is 4.79 Å². The number of nitrogens with one attached hydrogen (secondary N) is 1. The number of aliphatic carboxylic acids is 2. The molecule has 26 heavy (non-hydrogen) atoms. The Kier molecular flexibility index (Phi) is 9.00. The van der Waals surface area contributed by atoms with Crippen LogP contribution in [0.5, 0.6) is 0 Å². The first kappa shape index (κ1) is 21.8. The van der Waals surface area contributed by atoms with Crippen molar-refractivity contribution >= 4 is 23.8 Å². The molecule has 0 aliphatic carbocycles. The number of hydrogen-bond donors (Lipinski definition) is 5. The Morgan fingerprint density at radius 2 is 1.85 bits per heavy atom. The van der Waals surface area contributed by atoms with Crippen molar-refractivity contribution in [2.45, 2.75) is 63.1 Å². The molecule has 1 heterocycles. The molecule has 2 amide bonds. The van der Waals surface area contributed by atoms with E-state index in [0.717, 1.165) is 0 Å². The van der Waals surface area contributed by atoms with E-state index >= 15 is 0 Å². The molecule has 1 aliphatic rings. The van der Waals surface area contributed by atoms with Gasteiger partial charge in [-0.05, 0) is 45.1 Å². The molecule has 7 N–H and O–H groups in total. The molecule has 0 bridgehead atoms. The van der Waals surface area contributed by atoms with Crippen LogP contribution in [-0.2, 0) is 19.2 Å². The Hall–Kier alpha value is -2.20. The number of unbranched alkanes of at least 4 members (excludes halogenated alkanes) is 1. The largest absolute Gasteiger partial charge is 0.481 e. The lowest BCUT2D eigenvalue weighted by Gasteiger charge is -2.28. The maximum atomic E-state index is 12.8. The molecular weight excluding hydrogens is 344 g/mol. The Labute approximate surface area is 151 Å². The minimum atomic E-state index is -1.07. The van der Waals surface area contributed by atoms with Crippen molar-refractivity contribution in [3.05, 3.63) is 0 Å². The lowest BCUT2D eigenvalue weighted by Crippen LogP contribution is -2.54. The van der Waals surface area contributed by atoms with Gasteiger partial charge in [0.05, 0.1) is 6.04 Å². The molecule has 0 aromatic carbocycles. The summed E-state index contributed by atoms with van der Waals surface area (Å²) in [5.74, 6) is -3.21. The van der Waals surface area contributed by atoms with Gasteiger partial charge in [0.1, 0.15) is 12.1 Å². The summed E-state index contributed by atoms with van der Waals surface area (Å²) in [6, 6.07) is -2.84. The molecule has 0 unspecified atom stereocenters. The molecule has 0 aromatic heterocycles. The number of carboxylic acid groups (broad SMARTS) is 2. The summed E-state index contributed by atoms with van der Waals surface area (Å²) in [4.78, 5) is 48.1. The molecular formula is C16H28N4O6. The number of amides is 2. The van der Waals surface area contributed by atoms with Crippen LogP contribution in [0.25, 0.3) is 0 Å². The van der Waals surface area contributed by atoms with Crippen LogP contribution >= 0.6 is 0 Å². The van der Waals surface area contributed by atoms with Gasteiger partial charge in [0, 0.05) is 13.0 Å². The highest BCUT2D eigenvalue weighted by Crippen LogP contribution is 2.20. The van der Waals surface area contributed by atoms with Crippen molar-refractivity contribution in [3.8, 4) is 0 Å². The Balaban J connectivity index is 2.76. The fourth-order valence-corrected chi connectivity index (χ4v) is 2.93. The molecule has 0 saturated carbocycles. The molecule has 0 spiro atoms. The zero-order valence-corrected chi connectivity index (χ0v) is 14.7. The van der Waals surface area contributed by atoms with E-state index in [0.29, 0.717) is 45.2 Å². The molecule has 1 rings (SSSR count). The van der Waals surface area contributed by atoms with Crippen molar-refractivity contribution in [2.75, 3.05) is 13.1 Å². The number of carbonyl (C=O) groups is 4. The highest BCUT2D eigenvalue weighted by molar-refractivity contribution is 5.92. The lowest BCUT2D eigenvalue weighted by atomic mass is 10.1. The molecule has 148 valence electrons. The number of nitrogens with zero attached hydrogens (tertiary/aromatic N) is 1. The van der Waals surface area contributed by atoms with Gasteiger partial charge in [-0.15, -0.1) is 0 Å². The van der Waals surface area contributed by atoms with Crippen molar-refractivity contribution < 1.29 is 29.4 Å². The summed E-state index contributed by atoms with van der Waals surface area (Å²) in [6.45, 7) is 0.762. The van der Waals surface area contributed by atoms with Crippen LogP contribution in [-0.4, -0.2) is 70.1 Å². The quantitative estimate of drug-likeness (QED) is 0.283. The molecule has 1 saturated heterocycles. The minimum Gasteiger partial charge on any atom is -0.481 e. The third-order valence-corrected chi connectivity index (χ3v) is 4.39. The maximum Gasteiger partial charge on any atom is 0.326 e. The second-order valence-corrected chi connectivity index (χ2v) is 6.41. The fraction of sp³-hybridized carbons (Fsp3) is 0.750. The van der Waals surface area contributed by atoms with Crippen LogP contribution in [0.3, 0.4) is 0 Å². The van der Waals surface area contributed by atoms with Crippen LogP contribution in [0.15, 0.2) is 0 Å². The molecule has 0 aromatic rings. The Morgan fingerprint density at radius 3 is 2.42 bits per heavy atom. The number of hydrogen-bond acceptors (Lipinski definition) is 6. The molecule has 1 fully saturated rings. The van der Waals surface area contributed by atoms with Crippen LogP contribution in [0.2, 0.25) is 0 Å². The SMILES string of the molecule is NCCCC[C@H](NC(=O)[C@@H](N)CCC(=O)O)C(=O)N1CCC[C@@H]1C(=O)O. The van der Waals surface area contributed by atoms with Gasteiger partial charge < -0.3 is 31.9 Å². The maximum absolute atomic E-state index is 12.8. The van der Waals surface area contributed by atoms with Crippen LogP contribution in [0.4, 0.5) is 0 Å². The molecule has 3 atom stereocenters. The highest BCUT2D eigenvalue weighted by Gasteiger charge is 2.37. The lowest BCUT2D eigenvalue weighted by molar-refractivity contribution is -0.149. The van der Waals surface area contributed by atoms with E-state index in [1.54, 1.807) is 0 Å². The third kappa shape index (κ3) is 6.60. The molecule has 10 nitrogen and oxygen atoms in total. The van der Waals surface area contributed by atoms with Gasteiger partial charge in [-0.3, -0.25) is 14.4 Å². The molecule has 0 radical (unpaired) electrons. The predicted molar refractivity (Wildman–Crippen MR) is 92.1 cm³/mol. The van der Waals surface area contributed by atoms with Crippen LogP contribution in [0, 0.1) is 0 Å². The number of carboxylic acids is 2. The third-order valence-electron chi connectivity index (χ3n) is 4.39. The van der Waals surface area contributed by atoms with Gasteiger partial charge in [0.2, 0.25) is 11.8 Å². The van der Waals surface area contributed by atoms with Crippen molar-refractivity contribution in [1.82, 2.24) is 10.2 Å². The van der Waals surface area contributed by atoms with Crippen LogP contribution in [0.1, 0.15) is 44.9 Å². The zero-order valence-electron chi connectivity index (χ0n) is 14.7. The van der Waals surface area contributed by atoms with Crippen molar-refractivity contribution in [3.63, 3.8) is 0 Å².